The van der Waals surface area contributed by atoms with Gasteiger partial charge in [-0.05, 0) is 61.4 Å². The molecule has 168 valence electrons. The second kappa shape index (κ2) is 10.1. The van der Waals surface area contributed by atoms with Crippen LogP contribution < -0.4 is 5.32 Å². The van der Waals surface area contributed by atoms with Crippen molar-refractivity contribution < 1.29 is 18.7 Å². The summed E-state index contributed by atoms with van der Waals surface area (Å²) in [7, 11) is 0. The van der Waals surface area contributed by atoms with Gasteiger partial charge in [0.2, 0.25) is 0 Å². The lowest BCUT2D eigenvalue weighted by molar-refractivity contribution is -0.138. The average molecular weight is 459 g/mol. The van der Waals surface area contributed by atoms with E-state index in [1.54, 1.807) is 0 Å². The van der Waals surface area contributed by atoms with Gasteiger partial charge in [-0.3, -0.25) is 4.79 Å². The number of benzene rings is 1. The maximum absolute atomic E-state index is 13.5. The van der Waals surface area contributed by atoms with E-state index in [0.29, 0.717) is 6.42 Å². The number of aryl methyl sites for hydroxylation is 4. The number of aliphatic carboxylic acids is 1. The first-order valence-electron chi connectivity index (χ1n) is 10.7. The molecule has 6 nitrogen and oxygen atoms in total. The van der Waals surface area contributed by atoms with Crippen molar-refractivity contribution in [3.8, 4) is 0 Å². The Morgan fingerprint density at radius 3 is 2.59 bits per heavy atom. The molecule has 1 atom stereocenters. The molecule has 1 aliphatic rings. The zero-order chi connectivity index (χ0) is 22.5. The van der Waals surface area contributed by atoms with Crippen LogP contribution in [0.3, 0.4) is 0 Å². The van der Waals surface area contributed by atoms with Gasteiger partial charge in [0.15, 0.2) is 0 Å². The number of hydrogen-bond acceptors (Lipinski definition) is 6. The Hall–Kier alpha value is -2.94. The number of nitrogens with zero attached hydrogens (tertiary/aromatic N) is 3. The lowest BCUT2D eigenvalue weighted by atomic mass is 9.94. The van der Waals surface area contributed by atoms with Crippen molar-refractivity contribution in [2.45, 2.75) is 50.9 Å². The summed E-state index contributed by atoms with van der Waals surface area (Å²) in [5, 5.41) is 22.8. The summed E-state index contributed by atoms with van der Waals surface area (Å²) in [6.07, 6.45) is 5.28. The lowest BCUT2D eigenvalue weighted by Crippen LogP contribution is -2.14. The molecule has 0 spiro atoms. The van der Waals surface area contributed by atoms with Crippen molar-refractivity contribution in [2.24, 2.45) is 0 Å². The Morgan fingerprint density at radius 2 is 1.84 bits per heavy atom. The average Bonchev–Trinajstić information content (AvgIpc) is 3.20. The molecule has 0 amide bonds. The Labute approximate surface area is 188 Å². The maximum atomic E-state index is 13.5. The summed E-state index contributed by atoms with van der Waals surface area (Å²) in [5.41, 5.74) is 2.44. The number of carbonyl (C=O) groups is 1. The van der Waals surface area contributed by atoms with E-state index in [2.05, 4.69) is 27.6 Å². The smallest absolute Gasteiger partial charge is 0.310 e. The second-order valence-corrected chi connectivity index (χ2v) is 9.06. The van der Waals surface area contributed by atoms with E-state index in [9.17, 15) is 18.7 Å². The van der Waals surface area contributed by atoms with E-state index >= 15 is 0 Å². The van der Waals surface area contributed by atoms with Gasteiger partial charge in [-0.15, -0.1) is 21.5 Å². The van der Waals surface area contributed by atoms with Gasteiger partial charge in [0.25, 0.3) is 0 Å². The largest absolute Gasteiger partial charge is 0.481 e. The number of aromatic nitrogens is 3. The molecule has 3 aromatic rings. The summed E-state index contributed by atoms with van der Waals surface area (Å²) >= 11 is 1.45. The van der Waals surface area contributed by atoms with Crippen LogP contribution >= 0.6 is 11.3 Å². The minimum atomic E-state index is -1.12. The number of carboxylic acids is 1. The van der Waals surface area contributed by atoms with Crippen LogP contribution in [0, 0.1) is 11.6 Å². The Balaban J connectivity index is 1.30. The molecule has 4 rings (SSSR count). The van der Waals surface area contributed by atoms with Gasteiger partial charge in [-0.2, -0.15) is 0 Å². The number of pyridine rings is 1. The van der Waals surface area contributed by atoms with Crippen LogP contribution in [0.25, 0.3) is 0 Å². The third kappa shape index (κ3) is 5.64. The zero-order valence-electron chi connectivity index (χ0n) is 17.5. The third-order valence-electron chi connectivity index (χ3n) is 5.52. The third-order valence-corrected chi connectivity index (χ3v) is 6.56. The van der Waals surface area contributed by atoms with Crippen molar-refractivity contribution >= 4 is 23.1 Å². The van der Waals surface area contributed by atoms with E-state index in [0.717, 1.165) is 78.4 Å². The summed E-state index contributed by atoms with van der Waals surface area (Å²) in [6, 6.07) is 7.10. The van der Waals surface area contributed by atoms with Crippen molar-refractivity contribution in [1.29, 1.82) is 0 Å². The van der Waals surface area contributed by atoms with E-state index < -0.39 is 23.5 Å². The molecule has 9 heteroatoms. The van der Waals surface area contributed by atoms with Crippen molar-refractivity contribution in [1.82, 2.24) is 15.2 Å². The summed E-state index contributed by atoms with van der Waals surface area (Å²) in [4.78, 5) is 16.3. The highest BCUT2D eigenvalue weighted by Gasteiger charge is 2.22. The highest BCUT2D eigenvalue weighted by atomic mass is 32.1. The van der Waals surface area contributed by atoms with Crippen LogP contribution in [-0.4, -0.2) is 32.8 Å². The first kappa shape index (κ1) is 22.3. The molecule has 1 aromatic carbocycles. The van der Waals surface area contributed by atoms with Crippen LogP contribution in [0.2, 0.25) is 0 Å². The highest BCUT2D eigenvalue weighted by Crippen LogP contribution is 2.26. The predicted octanol–water partition coefficient (Wildman–Crippen LogP) is 4.55. The van der Waals surface area contributed by atoms with Crippen LogP contribution in [-0.2, 0) is 30.5 Å². The standard InChI is InChI=1S/C23H24F2N4O2S/c24-16-11-15(12-17(25)13-16)19(23(30)31)8-9-21-29-28-20(32-21)5-1-4-18-7-6-14-3-2-10-26-22(14)27-18/h6-7,11-13,19H,1-5,8-10H2,(H,26,27)(H,30,31). The molecule has 3 heterocycles. The molecule has 1 aliphatic heterocycles. The monoisotopic (exact) mass is 458 g/mol. The van der Waals surface area contributed by atoms with Crippen LogP contribution in [0.4, 0.5) is 14.6 Å². The molecule has 0 saturated carbocycles. The lowest BCUT2D eigenvalue weighted by Gasteiger charge is -2.17. The fourth-order valence-corrected chi connectivity index (χ4v) is 4.80. The molecular weight excluding hydrogens is 434 g/mol. The summed E-state index contributed by atoms with van der Waals surface area (Å²) in [5.74, 6) is -2.69. The van der Waals surface area contributed by atoms with Crippen LogP contribution in [0.15, 0.2) is 30.3 Å². The van der Waals surface area contributed by atoms with E-state index in [1.807, 2.05) is 0 Å². The fourth-order valence-electron chi connectivity index (χ4n) is 3.90. The maximum Gasteiger partial charge on any atom is 0.310 e. The zero-order valence-corrected chi connectivity index (χ0v) is 18.3. The van der Waals surface area contributed by atoms with Gasteiger partial charge in [0.05, 0.1) is 5.92 Å². The number of fused-ring (bicyclic) bond motifs is 1. The predicted molar refractivity (Wildman–Crippen MR) is 118 cm³/mol. The first-order valence-corrected chi connectivity index (χ1v) is 11.5. The van der Waals surface area contributed by atoms with Crippen molar-refractivity contribution in [2.75, 3.05) is 11.9 Å². The molecule has 2 aromatic heterocycles. The molecule has 0 radical (unpaired) electrons. The molecule has 32 heavy (non-hydrogen) atoms. The number of rotatable bonds is 9. The molecular formula is C23H24F2N4O2S. The normalized spacial score (nSPS) is 13.9. The molecule has 0 bridgehead atoms. The Kier molecular flexibility index (Phi) is 7.04. The molecule has 1 unspecified atom stereocenters. The SMILES string of the molecule is O=C(O)C(CCc1nnc(CCCc2ccc3c(n2)NCCC3)s1)c1cc(F)cc(F)c1. The number of nitrogens with one attached hydrogen (secondary N) is 1. The number of anilines is 1. The van der Waals surface area contributed by atoms with Gasteiger partial charge in [-0.25, -0.2) is 13.8 Å². The van der Waals surface area contributed by atoms with Crippen LogP contribution in [0.5, 0.6) is 0 Å². The number of carboxylic acid groups (broad SMARTS) is 1. The van der Waals surface area contributed by atoms with Gasteiger partial charge in [-0.1, -0.05) is 6.07 Å². The fraction of sp³-hybridized carbons (Fsp3) is 0.391. The Bertz CT molecular complexity index is 1090. The first-order chi connectivity index (χ1) is 15.5. The van der Waals surface area contributed by atoms with Gasteiger partial charge in [0, 0.05) is 31.1 Å². The van der Waals surface area contributed by atoms with Gasteiger partial charge in [0.1, 0.15) is 27.5 Å². The second-order valence-electron chi connectivity index (χ2n) is 7.92. The van der Waals surface area contributed by atoms with Crippen molar-refractivity contribution in [3.63, 3.8) is 0 Å². The van der Waals surface area contributed by atoms with Gasteiger partial charge >= 0.3 is 5.97 Å². The van der Waals surface area contributed by atoms with Crippen molar-refractivity contribution in [3.05, 3.63) is 68.8 Å². The molecule has 0 fully saturated rings. The van der Waals surface area contributed by atoms with E-state index in [-0.39, 0.29) is 12.0 Å². The number of hydrogen-bond donors (Lipinski definition) is 2. The van der Waals surface area contributed by atoms with E-state index in [4.69, 9.17) is 4.98 Å². The topological polar surface area (TPSA) is 88.0 Å². The summed E-state index contributed by atoms with van der Waals surface area (Å²) in [6.45, 7) is 0.966. The minimum Gasteiger partial charge on any atom is -0.481 e. The molecule has 0 saturated heterocycles. The minimum absolute atomic E-state index is 0.117. The van der Waals surface area contributed by atoms with Crippen LogP contribution in [0.1, 0.15) is 52.0 Å². The molecule has 2 N–H and O–H groups in total. The number of halogens is 2. The highest BCUT2D eigenvalue weighted by molar-refractivity contribution is 7.11. The van der Waals surface area contributed by atoms with Gasteiger partial charge < -0.3 is 10.4 Å². The quantitative estimate of drug-likeness (QED) is 0.489. The summed E-state index contributed by atoms with van der Waals surface area (Å²) < 4.78 is 27.0. The molecule has 0 aliphatic carbocycles. The van der Waals surface area contributed by atoms with E-state index in [1.165, 1.54) is 16.9 Å². The Morgan fingerprint density at radius 1 is 1.09 bits per heavy atom.